The van der Waals surface area contributed by atoms with E-state index in [1.807, 2.05) is 32.9 Å². The number of rotatable bonds is 18. The van der Waals surface area contributed by atoms with Gasteiger partial charge in [0.15, 0.2) is 0 Å². The summed E-state index contributed by atoms with van der Waals surface area (Å²) in [5, 5.41) is 5.27. The molecule has 1 atom stereocenters. The lowest BCUT2D eigenvalue weighted by Crippen LogP contribution is -2.35. The van der Waals surface area contributed by atoms with Crippen LogP contribution in [0.5, 0.6) is 23.0 Å². The van der Waals surface area contributed by atoms with Crippen LogP contribution in [-0.4, -0.2) is 25.5 Å². The third-order valence-electron chi connectivity index (χ3n) is 11.2. The zero-order valence-corrected chi connectivity index (χ0v) is 40.5. The summed E-state index contributed by atoms with van der Waals surface area (Å²) in [5.74, 6) is 4.14. The van der Waals surface area contributed by atoms with Gasteiger partial charge in [0.2, 0.25) is 0 Å². The van der Waals surface area contributed by atoms with Crippen LogP contribution in [0.15, 0.2) is 116 Å². The molecule has 5 heteroatoms. The standard InChI is InChI=1S/C46H56O2P2.C7H12O.C2H6/c1-8-11-14-15-16-17-18-26-46(7)36-20-19-21-40(50-41-30-33(4)22-24-38(41)47-39-25-23-34(5)31-42(39)50)44(36)48-45-37(46)29-35(6)32-43(45)49(27-12-9-2)28-13-10-3;1-3-5-7-8-6-4-2;1-2/h9-10,12-13,19-25,29-32H,8,11,14-18,26-28H2,1-7H3;3-5H,2,6-7H2,1H3;1-2H3/b12-9+,13-10+;5-3-;. The summed E-state index contributed by atoms with van der Waals surface area (Å²) in [6, 6.07) is 25.3. The summed E-state index contributed by atoms with van der Waals surface area (Å²) in [4.78, 5) is 0. The van der Waals surface area contributed by atoms with Gasteiger partial charge in [-0.25, -0.2) is 0 Å². The average molecular weight is 845 g/mol. The van der Waals surface area contributed by atoms with Gasteiger partial charge in [0, 0.05) is 37.8 Å². The first-order chi connectivity index (χ1) is 29.2. The first-order valence-electron chi connectivity index (χ1n) is 22.6. The van der Waals surface area contributed by atoms with Crippen LogP contribution in [0.1, 0.15) is 128 Å². The van der Waals surface area contributed by atoms with Gasteiger partial charge in [-0.15, -0.1) is 6.58 Å². The van der Waals surface area contributed by atoms with Gasteiger partial charge in [-0.05, 0) is 104 Å². The van der Waals surface area contributed by atoms with Gasteiger partial charge in [-0.3, -0.25) is 0 Å². The van der Waals surface area contributed by atoms with Gasteiger partial charge in [-0.1, -0.05) is 171 Å². The van der Waals surface area contributed by atoms with E-state index >= 15 is 0 Å². The third-order valence-corrected chi connectivity index (χ3v) is 16.0. The minimum atomic E-state index is -0.918. The molecule has 0 aliphatic carbocycles. The molecule has 4 aromatic rings. The Morgan fingerprint density at radius 2 is 1.25 bits per heavy atom. The highest BCUT2D eigenvalue weighted by atomic mass is 31.1. The van der Waals surface area contributed by atoms with Crippen LogP contribution < -0.4 is 30.7 Å². The number of benzene rings is 4. The zero-order valence-electron chi connectivity index (χ0n) is 38.7. The minimum Gasteiger partial charge on any atom is -0.456 e. The highest BCUT2D eigenvalue weighted by molar-refractivity contribution is 7.80. The van der Waals surface area contributed by atoms with Crippen molar-refractivity contribution in [2.24, 2.45) is 0 Å². The van der Waals surface area contributed by atoms with Crippen LogP contribution in [0.4, 0.5) is 0 Å². The van der Waals surface area contributed by atoms with Crippen molar-refractivity contribution in [1.29, 1.82) is 0 Å². The molecule has 322 valence electrons. The van der Waals surface area contributed by atoms with Crippen molar-refractivity contribution in [3.8, 4) is 23.0 Å². The summed E-state index contributed by atoms with van der Waals surface area (Å²) in [7, 11) is -1.40. The van der Waals surface area contributed by atoms with E-state index in [0.717, 1.165) is 41.7 Å². The maximum absolute atomic E-state index is 7.49. The van der Waals surface area contributed by atoms with E-state index in [-0.39, 0.29) is 5.41 Å². The SMILES string of the molecule is C/C=C/CP(C/C=C/C)c1cc(C)cc2c1Oc1c(P3c4cc(C)ccc4Oc4ccc(C)cc43)cccc1C2(C)CCCCCCCCC.C=CCOC/C=C\C.CC. The van der Waals surface area contributed by atoms with Crippen LogP contribution in [0.2, 0.25) is 0 Å². The normalized spacial score (nSPS) is 15.3. The number of allylic oxidation sites excluding steroid dienone is 5. The molecule has 6 rings (SSSR count). The largest absolute Gasteiger partial charge is 0.456 e. The Balaban J connectivity index is 0.000000712. The van der Waals surface area contributed by atoms with Gasteiger partial charge < -0.3 is 14.2 Å². The van der Waals surface area contributed by atoms with Crippen molar-refractivity contribution in [2.75, 3.05) is 25.5 Å². The maximum atomic E-state index is 7.49. The summed E-state index contributed by atoms with van der Waals surface area (Å²) < 4.78 is 19.1. The lowest BCUT2D eigenvalue weighted by molar-refractivity contribution is 0.194. The third kappa shape index (κ3) is 12.4. The molecule has 0 saturated carbocycles. The monoisotopic (exact) mass is 845 g/mol. The van der Waals surface area contributed by atoms with E-state index in [0.29, 0.717) is 13.2 Å². The molecule has 0 bridgehead atoms. The molecule has 2 aliphatic rings. The fourth-order valence-corrected chi connectivity index (χ4v) is 13.1. The smallest absolute Gasteiger partial charge is 0.139 e. The van der Waals surface area contributed by atoms with E-state index in [4.69, 9.17) is 14.2 Å². The second kappa shape index (κ2) is 25.3. The molecule has 60 heavy (non-hydrogen) atoms. The Morgan fingerprint density at radius 3 is 1.83 bits per heavy atom. The van der Waals surface area contributed by atoms with Crippen molar-refractivity contribution < 1.29 is 14.2 Å². The number of hydrogen-bond acceptors (Lipinski definition) is 3. The van der Waals surface area contributed by atoms with Gasteiger partial charge >= 0.3 is 0 Å². The van der Waals surface area contributed by atoms with Crippen LogP contribution >= 0.6 is 15.8 Å². The summed E-state index contributed by atoms with van der Waals surface area (Å²) in [5.41, 5.74) is 6.42. The Bertz CT molecular complexity index is 1990. The van der Waals surface area contributed by atoms with Crippen LogP contribution in [0.3, 0.4) is 0 Å². The molecular weight excluding hydrogens is 771 g/mol. The molecule has 0 saturated heterocycles. The molecule has 2 aliphatic heterocycles. The predicted octanol–water partition coefficient (Wildman–Crippen LogP) is 15.1. The predicted molar refractivity (Wildman–Crippen MR) is 268 cm³/mol. The van der Waals surface area contributed by atoms with Crippen LogP contribution in [-0.2, 0) is 10.2 Å². The highest BCUT2D eigenvalue weighted by Gasteiger charge is 2.42. The molecule has 3 nitrogen and oxygen atoms in total. The number of ether oxygens (including phenoxy) is 3. The molecule has 1 unspecified atom stereocenters. The van der Waals surface area contributed by atoms with Gasteiger partial charge in [0.05, 0.1) is 13.2 Å². The van der Waals surface area contributed by atoms with E-state index in [9.17, 15) is 0 Å². The van der Waals surface area contributed by atoms with Crippen LogP contribution in [0.25, 0.3) is 0 Å². The fraction of sp³-hybridized carbons (Fsp3) is 0.418. The Hall–Kier alpha value is -3.74. The lowest BCUT2D eigenvalue weighted by Gasteiger charge is -2.41. The first kappa shape index (κ1) is 48.9. The molecule has 0 radical (unpaired) electrons. The molecular formula is C55H74O3P2. The topological polar surface area (TPSA) is 27.7 Å². The molecule has 0 spiro atoms. The van der Waals surface area contributed by atoms with Crippen molar-refractivity contribution in [3.05, 3.63) is 144 Å². The molecule has 0 amide bonds. The van der Waals surface area contributed by atoms with Gasteiger partial charge in [0.1, 0.15) is 23.0 Å². The summed E-state index contributed by atoms with van der Waals surface area (Å²) >= 11 is 0. The van der Waals surface area contributed by atoms with Gasteiger partial charge in [-0.2, -0.15) is 0 Å². The summed E-state index contributed by atoms with van der Waals surface area (Å²) in [6.45, 7) is 26.6. The lowest BCUT2D eigenvalue weighted by atomic mass is 9.70. The molecule has 2 heterocycles. The van der Waals surface area contributed by atoms with Crippen LogP contribution in [0, 0.1) is 20.8 Å². The minimum absolute atomic E-state index is 0.155. The Kier molecular flexibility index (Phi) is 20.6. The van der Waals surface area contributed by atoms with Gasteiger partial charge in [0.25, 0.3) is 0 Å². The molecule has 0 N–H and O–H groups in total. The molecule has 0 fully saturated rings. The second-order valence-electron chi connectivity index (χ2n) is 15.9. The van der Waals surface area contributed by atoms with E-state index in [1.165, 1.54) is 94.0 Å². The number of unbranched alkanes of at least 4 members (excludes halogenated alkanes) is 6. The van der Waals surface area contributed by atoms with Crippen molar-refractivity contribution >= 4 is 37.1 Å². The highest BCUT2D eigenvalue weighted by Crippen LogP contribution is 2.56. The molecule has 4 aromatic carbocycles. The Morgan fingerprint density at radius 1 is 0.650 bits per heavy atom. The maximum Gasteiger partial charge on any atom is 0.139 e. The van der Waals surface area contributed by atoms with Crippen molar-refractivity contribution in [3.63, 3.8) is 0 Å². The number of aryl methyl sites for hydroxylation is 3. The molecule has 0 aromatic heterocycles. The first-order valence-corrected chi connectivity index (χ1v) is 25.7. The second-order valence-corrected chi connectivity index (χ2v) is 20.3. The Labute approximate surface area is 367 Å². The number of hydrogen-bond donors (Lipinski definition) is 0. The van der Waals surface area contributed by atoms with E-state index < -0.39 is 15.8 Å². The number of fused-ring (bicyclic) bond motifs is 4. The van der Waals surface area contributed by atoms with E-state index in [2.05, 4.69) is 146 Å². The average Bonchev–Trinajstić information content (AvgIpc) is 3.25. The number of para-hydroxylation sites is 1. The summed E-state index contributed by atoms with van der Waals surface area (Å²) in [6.07, 6.45) is 27.2. The quantitative estimate of drug-likeness (QED) is 0.0500. The zero-order chi connectivity index (χ0) is 43.5. The fourth-order valence-electron chi connectivity index (χ4n) is 8.04. The van der Waals surface area contributed by atoms with Crippen molar-refractivity contribution in [2.45, 2.75) is 126 Å². The van der Waals surface area contributed by atoms with E-state index in [1.54, 1.807) is 6.08 Å². The van der Waals surface area contributed by atoms with Crippen molar-refractivity contribution in [1.82, 2.24) is 0 Å².